The molecule has 1 aromatic heterocycles. The number of nitrogens with one attached hydrogen (secondary N) is 1. The summed E-state index contributed by atoms with van der Waals surface area (Å²) in [5, 5.41) is 16.6. The number of nitriles is 1. The Hall–Kier alpha value is -4.12. The molecule has 0 saturated carbocycles. The predicted molar refractivity (Wildman–Crippen MR) is 108 cm³/mol. The monoisotopic (exact) mass is 420 g/mol. The highest BCUT2D eigenvalue weighted by Crippen LogP contribution is 2.29. The van der Waals surface area contributed by atoms with Gasteiger partial charge in [0.25, 0.3) is 5.91 Å². The third kappa shape index (κ3) is 4.12. The van der Waals surface area contributed by atoms with Crippen LogP contribution in [0.3, 0.4) is 0 Å². The molecule has 4 aromatic rings. The molecule has 1 N–H and O–H groups in total. The molecular weight excluding hydrogens is 405 g/mol. The molecule has 5 nitrogen and oxygen atoms in total. The summed E-state index contributed by atoms with van der Waals surface area (Å²) in [6.07, 6.45) is -2.88. The van der Waals surface area contributed by atoms with E-state index in [9.17, 15) is 18.0 Å². The molecule has 4 rings (SSSR count). The van der Waals surface area contributed by atoms with Crippen LogP contribution < -0.4 is 5.32 Å². The van der Waals surface area contributed by atoms with Gasteiger partial charge < -0.3 is 5.32 Å². The fraction of sp³-hybridized carbons (Fsp3) is 0.0870. The third-order valence-electron chi connectivity index (χ3n) is 4.81. The van der Waals surface area contributed by atoms with Gasteiger partial charge in [0.15, 0.2) is 0 Å². The predicted octanol–water partition coefficient (Wildman–Crippen LogP) is 4.85. The van der Waals surface area contributed by atoms with Crippen molar-refractivity contribution in [3.05, 3.63) is 95.2 Å². The number of hydrogen-bond acceptors (Lipinski definition) is 3. The van der Waals surface area contributed by atoms with Crippen LogP contribution in [0.2, 0.25) is 0 Å². The van der Waals surface area contributed by atoms with Gasteiger partial charge in [-0.15, -0.1) is 0 Å². The fourth-order valence-corrected chi connectivity index (χ4v) is 3.27. The zero-order chi connectivity index (χ0) is 22.0. The van der Waals surface area contributed by atoms with Gasteiger partial charge in [-0.3, -0.25) is 4.79 Å². The maximum absolute atomic E-state index is 12.9. The van der Waals surface area contributed by atoms with E-state index in [1.165, 1.54) is 12.1 Å². The molecule has 0 aliphatic carbocycles. The van der Waals surface area contributed by atoms with E-state index < -0.39 is 17.6 Å². The first-order valence-electron chi connectivity index (χ1n) is 9.28. The topological polar surface area (TPSA) is 70.7 Å². The summed E-state index contributed by atoms with van der Waals surface area (Å²) in [6, 6.07) is 18.9. The molecule has 1 amide bonds. The van der Waals surface area contributed by atoms with Gasteiger partial charge in [-0.2, -0.15) is 23.5 Å². The van der Waals surface area contributed by atoms with Crippen LogP contribution in [0.5, 0.6) is 0 Å². The quantitative estimate of drug-likeness (QED) is 0.513. The Kier molecular flexibility index (Phi) is 5.17. The number of halogens is 3. The van der Waals surface area contributed by atoms with Crippen molar-refractivity contribution in [3.8, 4) is 11.8 Å². The number of amides is 1. The summed E-state index contributed by atoms with van der Waals surface area (Å²) in [6.45, 7) is -0.0388. The van der Waals surface area contributed by atoms with Crippen molar-refractivity contribution in [2.45, 2.75) is 12.7 Å². The number of hydrogen-bond donors (Lipinski definition) is 1. The Morgan fingerprint density at radius 1 is 1.06 bits per heavy atom. The van der Waals surface area contributed by atoms with E-state index in [1.807, 2.05) is 6.07 Å². The average molecular weight is 420 g/mol. The summed E-state index contributed by atoms with van der Waals surface area (Å²) >= 11 is 0. The Morgan fingerprint density at radius 3 is 2.52 bits per heavy atom. The largest absolute Gasteiger partial charge is 0.416 e. The molecule has 8 heteroatoms. The number of carbonyl (C=O) groups is 1. The van der Waals surface area contributed by atoms with Crippen molar-refractivity contribution in [2.24, 2.45) is 0 Å². The second kappa shape index (κ2) is 7.95. The van der Waals surface area contributed by atoms with E-state index in [-0.39, 0.29) is 6.54 Å². The van der Waals surface area contributed by atoms with Gasteiger partial charge in [0.2, 0.25) is 0 Å². The van der Waals surface area contributed by atoms with Gasteiger partial charge in [0.05, 0.1) is 40.2 Å². The van der Waals surface area contributed by atoms with Crippen LogP contribution in [0.4, 0.5) is 13.2 Å². The van der Waals surface area contributed by atoms with E-state index >= 15 is 0 Å². The van der Waals surface area contributed by atoms with Crippen LogP contribution >= 0.6 is 0 Å². The molecule has 0 saturated heterocycles. The first-order valence-corrected chi connectivity index (χ1v) is 9.28. The molecule has 0 spiro atoms. The minimum Gasteiger partial charge on any atom is -0.348 e. The summed E-state index contributed by atoms with van der Waals surface area (Å²) in [4.78, 5) is 12.7. The van der Waals surface area contributed by atoms with Crippen molar-refractivity contribution in [1.29, 1.82) is 5.26 Å². The lowest BCUT2D eigenvalue weighted by Gasteiger charge is -2.10. The fourth-order valence-electron chi connectivity index (χ4n) is 3.27. The standard InChI is InChI=1S/C23H15F3N4O/c24-23(25,26)17-4-1-3-16(11-17)13-28-22(31)19-5-2-6-21-20(19)14-29-30(21)18-9-7-15(12-27)8-10-18/h1-11,14H,13H2,(H,28,31). The van der Waals surface area contributed by atoms with Crippen LogP contribution in [-0.2, 0) is 12.7 Å². The summed E-state index contributed by atoms with van der Waals surface area (Å²) in [7, 11) is 0. The number of rotatable bonds is 4. The van der Waals surface area contributed by atoms with Crippen LogP contribution in [0.15, 0.2) is 72.9 Å². The number of carbonyl (C=O) groups excluding carboxylic acids is 1. The molecule has 0 unspecified atom stereocenters. The maximum Gasteiger partial charge on any atom is 0.416 e. The van der Waals surface area contributed by atoms with E-state index in [0.717, 1.165) is 17.8 Å². The zero-order valence-corrected chi connectivity index (χ0v) is 16.0. The molecule has 31 heavy (non-hydrogen) atoms. The van der Waals surface area contributed by atoms with Gasteiger partial charge >= 0.3 is 6.18 Å². The highest BCUT2D eigenvalue weighted by atomic mass is 19.4. The van der Waals surface area contributed by atoms with Crippen molar-refractivity contribution in [3.63, 3.8) is 0 Å². The SMILES string of the molecule is N#Cc1ccc(-n2ncc3c(C(=O)NCc4cccc(C(F)(F)F)c4)cccc32)cc1. The smallest absolute Gasteiger partial charge is 0.348 e. The minimum absolute atomic E-state index is 0.0388. The third-order valence-corrected chi connectivity index (χ3v) is 4.81. The molecule has 0 aliphatic heterocycles. The minimum atomic E-state index is -4.44. The highest BCUT2D eigenvalue weighted by molar-refractivity contribution is 6.06. The first-order chi connectivity index (χ1) is 14.9. The Balaban J connectivity index is 1.58. The van der Waals surface area contributed by atoms with Crippen molar-refractivity contribution < 1.29 is 18.0 Å². The van der Waals surface area contributed by atoms with Gasteiger partial charge in [0.1, 0.15) is 0 Å². The zero-order valence-electron chi connectivity index (χ0n) is 16.0. The van der Waals surface area contributed by atoms with E-state index in [2.05, 4.69) is 16.5 Å². The van der Waals surface area contributed by atoms with Crippen molar-refractivity contribution in [2.75, 3.05) is 0 Å². The lowest BCUT2D eigenvalue weighted by molar-refractivity contribution is -0.137. The van der Waals surface area contributed by atoms with Crippen LogP contribution in [0.1, 0.15) is 27.0 Å². The second-order valence-electron chi connectivity index (χ2n) is 6.83. The van der Waals surface area contributed by atoms with Crippen molar-refractivity contribution >= 4 is 16.8 Å². The average Bonchev–Trinajstić information content (AvgIpc) is 3.21. The lowest BCUT2D eigenvalue weighted by Crippen LogP contribution is -2.23. The van der Waals surface area contributed by atoms with Crippen LogP contribution in [-0.4, -0.2) is 15.7 Å². The Bertz CT molecular complexity index is 1300. The number of alkyl halides is 3. The summed E-state index contributed by atoms with van der Waals surface area (Å²) in [5.41, 5.74) is 1.90. The molecule has 0 fully saturated rings. The molecular formula is C23H15F3N4O. The van der Waals surface area contributed by atoms with Gasteiger partial charge in [-0.25, -0.2) is 4.68 Å². The van der Waals surface area contributed by atoms with Crippen LogP contribution in [0, 0.1) is 11.3 Å². The van der Waals surface area contributed by atoms with Gasteiger partial charge in [0, 0.05) is 11.9 Å². The summed E-state index contributed by atoms with van der Waals surface area (Å²) < 4.78 is 40.3. The number of fused-ring (bicyclic) bond motifs is 1. The molecule has 154 valence electrons. The summed E-state index contributed by atoms with van der Waals surface area (Å²) in [5.74, 6) is -0.414. The van der Waals surface area contributed by atoms with Gasteiger partial charge in [-0.1, -0.05) is 18.2 Å². The number of aromatic nitrogens is 2. The van der Waals surface area contributed by atoms with Gasteiger partial charge in [-0.05, 0) is 54.1 Å². The van der Waals surface area contributed by atoms with E-state index in [0.29, 0.717) is 27.6 Å². The molecule has 0 aliphatic rings. The Labute approximate surface area is 175 Å². The molecule has 1 heterocycles. The Morgan fingerprint density at radius 2 is 1.81 bits per heavy atom. The van der Waals surface area contributed by atoms with Crippen molar-refractivity contribution in [1.82, 2.24) is 15.1 Å². The maximum atomic E-state index is 12.9. The molecule has 3 aromatic carbocycles. The highest BCUT2D eigenvalue weighted by Gasteiger charge is 2.30. The number of benzene rings is 3. The van der Waals surface area contributed by atoms with E-state index in [1.54, 1.807) is 47.3 Å². The normalized spacial score (nSPS) is 11.3. The second-order valence-corrected chi connectivity index (χ2v) is 6.83. The number of nitrogens with zero attached hydrogens (tertiary/aromatic N) is 3. The van der Waals surface area contributed by atoms with Crippen LogP contribution in [0.25, 0.3) is 16.6 Å². The molecule has 0 bridgehead atoms. The molecule has 0 atom stereocenters. The van der Waals surface area contributed by atoms with E-state index in [4.69, 9.17) is 5.26 Å². The first kappa shape index (κ1) is 20.2. The lowest BCUT2D eigenvalue weighted by atomic mass is 10.1. The molecule has 0 radical (unpaired) electrons.